The second-order valence-corrected chi connectivity index (χ2v) is 5.38. The summed E-state index contributed by atoms with van der Waals surface area (Å²) in [6, 6.07) is 7.28. The van der Waals surface area contributed by atoms with Crippen LogP contribution in [-0.2, 0) is 4.79 Å². The van der Waals surface area contributed by atoms with Gasteiger partial charge in [-0.05, 0) is 44.5 Å². The molecule has 1 heterocycles. The molecule has 0 saturated heterocycles. The molecule has 108 valence electrons. The normalized spacial score (nSPS) is 15.8. The van der Waals surface area contributed by atoms with Crippen LogP contribution in [0.1, 0.15) is 26.2 Å². The van der Waals surface area contributed by atoms with E-state index < -0.39 is 0 Å². The smallest absolute Gasteiger partial charge is 0.224 e. The van der Waals surface area contributed by atoms with Crippen molar-refractivity contribution < 1.29 is 4.79 Å². The number of nitrogen functional groups attached to an aromatic ring is 1. The zero-order chi connectivity index (χ0) is 14.4. The van der Waals surface area contributed by atoms with Gasteiger partial charge < -0.3 is 11.1 Å². The van der Waals surface area contributed by atoms with Gasteiger partial charge in [0.2, 0.25) is 5.91 Å². The monoisotopic (exact) mass is 273 g/mol. The van der Waals surface area contributed by atoms with E-state index in [0.717, 1.165) is 38.2 Å². The minimum Gasteiger partial charge on any atom is -0.399 e. The molecule has 1 aliphatic heterocycles. The van der Waals surface area contributed by atoms with E-state index in [0.29, 0.717) is 12.1 Å². The molecule has 4 heteroatoms. The average molecular weight is 273 g/mol. The summed E-state index contributed by atoms with van der Waals surface area (Å²) in [5.74, 6) is 0.0549. The first-order valence-electron chi connectivity index (χ1n) is 7.17. The van der Waals surface area contributed by atoms with Gasteiger partial charge in [-0.3, -0.25) is 9.69 Å². The summed E-state index contributed by atoms with van der Waals surface area (Å²) in [4.78, 5) is 14.2. The molecule has 2 rings (SSSR count). The maximum absolute atomic E-state index is 11.8. The molecule has 0 unspecified atom stereocenters. The minimum absolute atomic E-state index is 0.0549. The molecular weight excluding hydrogens is 250 g/mol. The van der Waals surface area contributed by atoms with Gasteiger partial charge in [-0.1, -0.05) is 17.7 Å². The second-order valence-electron chi connectivity index (χ2n) is 5.38. The van der Waals surface area contributed by atoms with E-state index in [9.17, 15) is 4.79 Å². The number of carbonyl (C=O) groups is 1. The molecule has 1 aromatic rings. The number of amides is 1. The van der Waals surface area contributed by atoms with Crippen LogP contribution in [0.25, 0.3) is 0 Å². The highest BCUT2D eigenvalue weighted by Crippen LogP contribution is 2.13. The number of hydrogen-bond donors (Lipinski definition) is 2. The lowest BCUT2D eigenvalue weighted by atomic mass is 10.1. The maximum atomic E-state index is 11.8. The van der Waals surface area contributed by atoms with Crippen LogP contribution in [0.15, 0.2) is 35.9 Å². The van der Waals surface area contributed by atoms with Crippen LogP contribution < -0.4 is 11.1 Å². The predicted octanol–water partition coefficient (Wildman–Crippen LogP) is 2.64. The SMILES string of the molecule is CC1=CCN(CCCC(=O)Nc2cccc(N)c2)CC1. The Morgan fingerprint density at radius 2 is 2.30 bits per heavy atom. The van der Waals surface area contributed by atoms with Crippen molar-refractivity contribution in [2.45, 2.75) is 26.2 Å². The van der Waals surface area contributed by atoms with Crippen molar-refractivity contribution >= 4 is 17.3 Å². The number of rotatable bonds is 5. The third kappa shape index (κ3) is 4.70. The molecule has 1 aromatic carbocycles. The van der Waals surface area contributed by atoms with Crippen molar-refractivity contribution in [1.29, 1.82) is 0 Å². The van der Waals surface area contributed by atoms with Gasteiger partial charge in [0.1, 0.15) is 0 Å². The molecule has 0 saturated carbocycles. The summed E-state index contributed by atoms with van der Waals surface area (Å²) in [7, 11) is 0. The van der Waals surface area contributed by atoms with Gasteiger partial charge in [-0.2, -0.15) is 0 Å². The number of nitrogens with zero attached hydrogens (tertiary/aromatic N) is 1. The van der Waals surface area contributed by atoms with Gasteiger partial charge in [0, 0.05) is 30.9 Å². The van der Waals surface area contributed by atoms with Crippen molar-refractivity contribution in [3.05, 3.63) is 35.9 Å². The largest absolute Gasteiger partial charge is 0.399 e. The summed E-state index contributed by atoms with van der Waals surface area (Å²) in [6.07, 6.45) is 4.86. The van der Waals surface area contributed by atoms with Crippen molar-refractivity contribution in [1.82, 2.24) is 4.90 Å². The highest BCUT2D eigenvalue weighted by atomic mass is 16.1. The fourth-order valence-corrected chi connectivity index (χ4v) is 2.32. The molecule has 1 aliphatic rings. The Balaban J connectivity index is 1.68. The van der Waals surface area contributed by atoms with Gasteiger partial charge >= 0.3 is 0 Å². The first kappa shape index (κ1) is 14.6. The molecule has 3 N–H and O–H groups in total. The Hall–Kier alpha value is -1.81. The van der Waals surface area contributed by atoms with Crippen LogP contribution in [-0.4, -0.2) is 30.4 Å². The molecule has 0 radical (unpaired) electrons. The van der Waals surface area contributed by atoms with Crippen molar-refractivity contribution in [3.63, 3.8) is 0 Å². The average Bonchev–Trinajstić information content (AvgIpc) is 2.41. The van der Waals surface area contributed by atoms with Crippen LogP contribution >= 0.6 is 0 Å². The lowest BCUT2D eigenvalue weighted by Gasteiger charge is -2.24. The Kier molecular flexibility index (Phi) is 5.18. The van der Waals surface area contributed by atoms with Crippen LogP contribution in [0.5, 0.6) is 0 Å². The van der Waals surface area contributed by atoms with Gasteiger partial charge in [-0.25, -0.2) is 0 Å². The Bertz CT molecular complexity index is 496. The van der Waals surface area contributed by atoms with E-state index >= 15 is 0 Å². The molecule has 0 spiro atoms. The standard InChI is InChI=1S/C16H23N3O/c1-13-7-10-19(11-8-13)9-3-6-16(20)18-15-5-2-4-14(17)12-15/h2,4-5,7,12H,3,6,8-11,17H2,1H3,(H,18,20). The highest BCUT2D eigenvalue weighted by Gasteiger charge is 2.09. The van der Waals surface area contributed by atoms with Crippen molar-refractivity contribution in [3.8, 4) is 0 Å². The van der Waals surface area contributed by atoms with Gasteiger partial charge in [-0.15, -0.1) is 0 Å². The molecule has 0 aliphatic carbocycles. The molecule has 0 bridgehead atoms. The molecular formula is C16H23N3O. The molecule has 0 fully saturated rings. The lowest BCUT2D eigenvalue weighted by Crippen LogP contribution is -2.30. The highest BCUT2D eigenvalue weighted by molar-refractivity contribution is 5.91. The zero-order valence-corrected chi connectivity index (χ0v) is 12.1. The van der Waals surface area contributed by atoms with Gasteiger partial charge in [0.15, 0.2) is 0 Å². The predicted molar refractivity (Wildman–Crippen MR) is 83.5 cm³/mol. The lowest BCUT2D eigenvalue weighted by molar-refractivity contribution is -0.116. The first-order valence-corrected chi connectivity index (χ1v) is 7.17. The molecule has 4 nitrogen and oxygen atoms in total. The van der Waals surface area contributed by atoms with Crippen LogP contribution in [0, 0.1) is 0 Å². The van der Waals surface area contributed by atoms with Crippen molar-refractivity contribution in [2.75, 3.05) is 30.7 Å². The summed E-state index contributed by atoms with van der Waals surface area (Å²) in [5.41, 5.74) is 8.59. The zero-order valence-electron chi connectivity index (χ0n) is 12.1. The van der Waals surface area contributed by atoms with Gasteiger partial charge in [0.05, 0.1) is 0 Å². The Morgan fingerprint density at radius 3 is 3.00 bits per heavy atom. The number of anilines is 2. The number of benzene rings is 1. The van der Waals surface area contributed by atoms with Crippen molar-refractivity contribution in [2.24, 2.45) is 0 Å². The van der Waals surface area contributed by atoms with Crippen LogP contribution in [0.2, 0.25) is 0 Å². The van der Waals surface area contributed by atoms with E-state index in [2.05, 4.69) is 23.2 Å². The van der Waals surface area contributed by atoms with Crippen LogP contribution in [0.3, 0.4) is 0 Å². The topological polar surface area (TPSA) is 58.4 Å². The third-order valence-electron chi connectivity index (χ3n) is 3.57. The molecule has 1 amide bonds. The number of nitrogens with one attached hydrogen (secondary N) is 1. The second kappa shape index (κ2) is 7.10. The Labute approximate surface area is 120 Å². The maximum Gasteiger partial charge on any atom is 0.224 e. The van der Waals surface area contributed by atoms with Crippen LogP contribution in [0.4, 0.5) is 11.4 Å². The van der Waals surface area contributed by atoms with E-state index in [4.69, 9.17) is 5.73 Å². The molecule has 0 aromatic heterocycles. The minimum atomic E-state index is 0.0549. The summed E-state index contributed by atoms with van der Waals surface area (Å²) in [6.45, 7) is 5.28. The molecule has 0 atom stereocenters. The summed E-state index contributed by atoms with van der Waals surface area (Å²) < 4.78 is 0. The number of carbonyl (C=O) groups excluding carboxylic acids is 1. The first-order chi connectivity index (χ1) is 9.63. The summed E-state index contributed by atoms with van der Waals surface area (Å²) in [5, 5.41) is 2.88. The van der Waals surface area contributed by atoms with Gasteiger partial charge in [0.25, 0.3) is 0 Å². The fourth-order valence-electron chi connectivity index (χ4n) is 2.32. The quantitative estimate of drug-likeness (QED) is 0.640. The Morgan fingerprint density at radius 1 is 1.45 bits per heavy atom. The van der Waals surface area contributed by atoms with E-state index in [-0.39, 0.29) is 5.91 Å². The van der Waals surface area contributed by atoms with E-state index in [1.54, 1.807) is 6.07 Å². The van der Waals surface area contributed by atoms with E-state index in [1.165, 1.54) is 5.57 Å². The third-order valence-corrected chi connectivity index (χ3v) is 3.57. The van der Waals surface area contributed by atoms with E-state index in [1.807, 2.05) is 18.2 Å². The number of hydrogen-bond acceptors (Lipinski definition) is 3. The fraction of sp³-hybridized carbons (Fsp3) is 0.438. The molecule has 20 heavy (non-hydrogen) atoms. The number of nitrogens with two attached hydrogens (primary N) is 1. The summed E-state index contributed by atoms with van der Waals surface area (Å²) >= 11 is 0.